The van der Waals surface area contributed by atoms with Crippen LogP contribution in [-0.4, -0.2) is 77.9 Å². The second kappa shape index (κ2) is 9.62. The Bertz CT molecular complexity index is 948. The van der Waals surface area contributed by atoms with Crippen molar-refractivity contribution in [1.82, 2.24) is 14.8 Å². The number of alkyl halides is 7. The Labute approximate surface area is 201 Å². The largest absolute Gasteiger partial charge is 0.481 e. The third-order valence-corrected chi connectivity index (χ3v) is 6.90. The predicted octanol–water partition coefficient (Wildman–Crippen LogP) is 4.81. The number of pyridine rings is 1. The van der Waals surface area contributed by atoms with Crippen molar-refractivity contribution >= 4 is 23.4 Å². The minimum Gasteiger partial charge on any atom is -0.481 e. The fourth-order valence-electron chi connectivity index (χ4n) is 4.51. The number of hydrogen-bond acceptors (Lipinski definition) is 4. The van der Waals surface area contributed by atoms with Crippen LogP contribution in [0.15, 0.2) is 12.1 Å². The molecule has 1 spiro atoms. The zero-order chi connectivity index (χ0) is 26.2. The van der Waals surface area contributed by atoms with Crippen molar-refractivity contribution in [3.63, 3.8) is 0 Å². The lowest BCUT2D eigenvalue weighted by Gasteiger charge is -2.39. The molecule has 0 bridgehead atoms. The Kier molecular flexibility index (Phi) is 7.50. The fraction of sp³-hybridized carbons (Fsp3) is 0.667. The molecule has 0 unspecified atom stereocenters. The molecule has 35 heavy (non-hydrogen) atoms. The van der Waals surface area contributed by atoms with Gasteiger partial charge in [-0.25, -0.2) is 9.37 Å². The van der Waals surface area contributed by atoms with Gasteiger partial charge in [0.05, 0.1) is 7.11 Å². The summed E-state index contributed by atoms with van der Waals surface area (Å²) < 4.78 is 95.3. The number of methoxy groups -OCH3 is 1. The van der Waals surface area contributed by atoms with E-state index in [1.54, 1.807) is 4.90 Å². The minimum absolute atomic E-state index is 0.0828. The van der Waals surface area contributed by atoms with Crippen LogP contribution in [0.4, 0.5) is 30.7 Å². The Morgan fingerprint density at radius 1 is 1.00 bits per heavy atom. The highest BCUT2D eigenvalue weighted by molar-refractivity contribution is 6.29. The molecule has 196 valence electrons. The lowest BCUT2D eigenvalue weighted by molar-refractivity contribution is -0.343. The normalized spacial score (nSPS) is 18.8. The molecule has 3 heterocycles. The molecule has 0 saturated carbocycles. The maximum atomic E-state index is 13.9. The second-order valence-corrected chi connectivity index (χ2v) is 9.26. The molecule has 0 aromatic carbocycles. The van der Waals surface area contributed by atoms with Crippen LogP contribution in [0, 0.1) is 5.41 Å². The number of halogens is 8. The number of piperidine rings is 1. The van der Waals surface area contributed by atoms with Gasteiger partial charge in [0, 0.05) is 50.7 Å². The van der Waals surface area contributed by atoms with E-state index >= 15 is 0 Å². The van der Waals surface area contributed by atoms with Crippen molar-refractivity contribution < 1.29 is 45.1 Å². The number of hydrogen-bond donors (Lipinski definition) is 0. The fourth-order valence-corrected chi connectivity index (χ4v) is 4.71. The van der Waals surface area contributed by atoms with Crippen LogP contribution >= 0.6 is 11.6 Å². The van der Waals surface area contributed by atoms with Crippen molar-refractivity contribution in [3.8, 4) is 5.88 Å². The van der Waals surface area contributed by atoms with Crippen LogP contribution in [0.3, 0.4) is 0 Å². The Balaban J connectivity index is 1.58. The number of carbonyl (C=O) groups excluding carboxylic acids is 2. The van der Waals surface area contributed by atoms with Crippen LogP contribution in [-0.2, 0) is 4.79 Å². The van der Waals surface area contributed by atoms with Crippen LogP contribution in [0.5, 0.6) is 5.88 Å². The molecule has 1 aromatic rings. The van der Waals surface area contributed by atoms with E-state index in [-0.39, 0.29) is 35.6 Å². The summed E-state index contributed by atoms with van der Waals surface area (Å²) in [7, 11) is 1.38. The summed E-state index contributed by atoms with van der Waals surface area (Å²) in [4.78, 5) is 31.9. The molecule has 14 heteroatoms. The van der Waals surface area contributed by atoms with Crippen LogP contribution in [0.2, 0.25) is 5.15 Å². The summed E-state index contributed by atoms with van der Waals surface area (Å²) in [6, 6.07) is 2.85. The highest BCUT2D eigenvalue weighted by Crippen LogP contribution is 2.49. The summed E-state index contributed by atoms with van der Waals surface area (Å²) in [5.41, 5.74) is -5.58. The molecule has 2 aliphatic rings. The van der Waals surface area contributed by atoms with E-state index in [1.807, 2.05) is 0 Å². The Morgan fingerprint density at radius 3 is 2.06 bits per heavy atom. The van der Waals surface area contributed by atoms with E-state index in [0.717, 1.165) is 0 Å². The van der Waals surface area contributed by atoms with Crippen molar-refractivity contribution in [2.45, 2.75) is 50.1 Å². The molecule has 2 aliphatic heterocycles. The lowest BCUT2D eigenvalue weighted by Crippen LogP contribution is -2.53. The first-order chi connectivity index (χ1) is 16.1. The number of amides is 2. The standard InChI is InChI=1S/C21H23ClF7N3O3/c1-35-15-11-13(10-14(22)30-15)17(34)31-7-4-18(5-8-31)6-9-32(12-18)16(33)2-3-19(23,20(24,25)26)21(27,28)29/h10-11H,2-9,12H2,1H3. The van der Waals surface area contributed by atoms with Gasteiger partial charge in [0.1, 0.15) is 5.15 Å². The third-order valence-electron chi connectivity index (χ3n) is 6.71. The van der Waals surface area contributed by atoms with Crippen molar-refractivity contribution in [2.75, 3.05) is 33.3 Å². The first-order valence-corrected chi connectivity index (χ1v) is 11.1. The van der Waals surface area contributed by atoms with Gasteiger partial charge in [0.25, 0.3) is 11.6 Å². The third kappa shape index (κ3) is 5.59. The first kappa shape index (κ1) is 27.3. The van der Waals surface area contributed by atoms with Gasteiger partial charge >= 0.3 is 12.4 Å². The number of aromatic nitrogens is 1. The van der Waals surface area contributed by atoms with Gasteiger partial charge in [-0.15, -0.1) is 0 Å². The van der Waals surface area contributed by atoms with Gasteiger partial charge in [0.2, 0.25) is 11.8 Å². The Hall–Kier alpha value is -2.31. The molecule has 0 aliphatic carbocycles. The zero-order valence-corrected chi connectivity index (χ0v) is 19.4. The van der Waals surface area contributed by atoms with Gasteiger partial charge in [0.15, 0.2) is 0 Å². The number of rotatable bonds is 5. The number of likely N-dealkylation sites (tertiary alicyclic amines) is 2. The van der Waals surface area contributed by atoms with Gasteiger partial charge in [-0.05, 0) is 30.7 Å². The van der Waals surface area contributed by atoms with Crippen LogP contribution in [0.25, 0.3) is 0 Å². The zero-order valence-electron chi connectivity index (χ0n) is 18.6. The summed E-state index contributed by atoms with van der Waals surface area (Å²) >= 11 is 5.91. The van der Waals surface area contributed by atoms with E-state index in [0.29, 0.717) is 32.4 Å². The van der Waals surface area contributed by atoms with E-state index in [4.69, 9.17) is 16.3 Å². The van der Waals surface area contributed by atoms with Crippen molar-refractivity contribution in [2.24, 2.45) is 5.41 Å². The quantitative estimate of drug-likeness (QED) is 0.402. The van der Waals surface area contributed by atoms with Crippen molar-refractivity contribution in [1.29, 1.82) is 0 Å². The van der Waals surface area contributed by atoms with Crippen molar-refractivity contribution in [3.05, 3.63) is 22.8 Å². The summed E-state index contributed by atoms with van der Waals surface area (Å²) in [6.45, 7) is 0.930. The highest BCUT2D eigenvalue weighted by atomic mass is 35.5. The molecule has 0 atom stereocenters. The molecule has 0 radical (unpaired) electrons. The molecular weight excluding hydrogens is 511 g/mol. The van der Waals surface area contributed by atoms with E-state index < -0.39 is 42.2 Å². The van der Waals surface area contributed by atoms with Gasteiger partial charge in [-0.2, -0.15) is 26.3 Å². The molecule has 6 nitrogen and oxygen atoms in total. The number of nitrogens with zero attached hydrogens (tertiary/aromatic N) is 3. The minimum atomic E-state index is -6.18. The Morgan fingerprint density at radius 2 is 1.54 bits per heavy atom. The van der Waals surface area contributed by atoms with Gasteiger partial charge < -0.3 is 14.5 Å². The SMILES string of the molecule is COc1cc(C(=O)N2CCC3(CCN(C(=O)CCC(F)(C(F)(F)F)C(F)(F)F)C3)CC2)cc(Cl)n1. The average molecular weight is 534 g/mol. The highest BCUT2D eigenvalue weighted by Gasteiger charge is 2.72. The van der Waals surface area contributed by atoms with Gasteiger partial charge in [-0.3, -0.25) is 9.59 Å². The van der Waals surface area contributed by atoms with E-state index in [2.05, 4.69) is 4.98 Å². The monoisotopic (exact) mass is 533 g/mol. The van der Waals surface area contributed by atoms with Crippen LogP contribution in [0.1, 0.15) is 42.5 Å². The second-order valence-electron chi connectivity index (χ2n) is 8.88. The topological polar surface area (TPSA) is 62.7 Å². The average Bonchev–Trinajstić information content (AvgIpc) is 3.18. The molecule has 2 amide bonds. The molecular formula is C21H23ClF7N3O3. The number of ether oxygens (including phenoxy) is 1. The summed E-state index contributed by atoms with van der Waals surface area (Å²) in [6.07, 6.45) is -14.2. The van der Waals surface area contributed by atoms with Gasteiger partial charge in [-0.1, -0.05) is 11.6 Å². The van der Waals surface area contributed by atoms with E-state index in [1.165, 1.54) is 24.1 Å². The molecule has 1 aromatic heterocycles. The maximum absolute atomic E-state index is 13.9. The maximum Gasteiger partial charge on any atom is 0.431 e. The molecule has 2 saturated heterocycles. The predicted molar refractivity (Wildman–Crippen MR) is 110 cm³/mol. The number of carbonyl (C=O) groups is 2. The first-order valence-electron chi connectivity index (χ1n) is 10.7. The smallest absolute Gasteiger partial charge is 0.431 e. The summed E-state index contributed by atoms with van der Waals surface area (Å²) in [5, 5.41) is 0.0828. The van der Waals surface area contributed by atoms with Crippen LogP contribution < -0.4 is 4.74 Å². The molecule has 3 rings (SSSR count). The molecule has 0 N–H and O–H groups in total. The lowest BCUT2D eigenvalue weighted by atomic mass is 9.77. The summed E-state index contributed by atoms with van der Waals surface area (Å²) in [5.74, 6) is -1.09. The molecule has 2 fully saturated rings. The van der Waals surface area contributed by atoms with E-state index in [9.17, 15) is 40.3 Å².